The SMILES string of the molecule is COc1ccc(Nc2nc(N)nc(N)c2N)cc1.O=S(=O)(O)O. The lowest BCUT2D eigenvalue weighted by Gasteiger charge is -2.10. The van der Waals surface area contributed by atoms with Gasteiger partial charge in [0, 0.05) is 5.69 Å². The molecule has 0 aliphatic carbocycles. The van der Waals surface area contributed by atoms with E-state index in [2.05, 4.69) is 15.3 Å². The van der Waals surface area contributed by atoms with E-state index in [0.717, 1.165) is 11.4 Å². The first-order chi connectivity index (χ1) is 10.6. The van der Waals surface area contributed by atoms with E-state index in [4.69, 9.17) is 39.5 Å². The van der Waals surface area contributed by atoms with Gasteiger partial charge in [-0.15, -0.1) is 0 Å². The minimum atomic E-state index is -4.67. The van der Waals surface area contributed by atoms with Gasteiger partial charge in [-0.1, -0.05) is 0 Å². The fraction of sp³-hybridized carbons (Fsp3) is 0.0909. The van der Waals surface area contributed by atoms with Crippen LogP contribution >= 0.6 is 0 Å². The van der Waals surface area contributed by atoms with Crippen molar-refractivity contribution in [2.24, 2.45) is 0 Å². The molecule has 0 fully saturated rings. The van der Waals surface area contributed by atoms with Gasteiger partial charge < -0.3 is 27.3 Å². The maximum atomic E-state index is 8.74. The van der Waals surface area contributed by atoms with Crippen LogP contribution < -0.4 is 27.3 Å². The molecule has 126 valence electrons. The van der Waals surface area contributed by atoms with E-state index in [1.165, 1.54) is 0 Å². The number of hydrogen-bond donors (Lipinski definition) is 6. The summed E-state index contributed by atoms with van der Waals surface area (Å²) >= 11 is 0. The molecule has 1 heterocycles. The van der Waals surface area contributed by atoms with E-state index in [0.29, 0.717) is 5.82 Å². The van der Waals surface area contributed by atoms with Gasteiger partial charge in [0.25, 0.3) is 0 Å². The zero-order chi connectivity index (χ0) is 17.6. The van der Waals surface area contributed by atoms with Crippen molar-refractivity contribution >= 4 is 39.4 Å². The number of nitrogens with zero attached hydrogens (tertiary/aromatic N) is 2. The van der Waals surface area contributed by atoms with Crippen LogP contribution in [-0.4, -0.2) is 34.6 Å². The molecule has 23 heavy (non-hydrogen) atoms. The highest BCUT2D eigenvalue weighted by Crippen LogP contribution is 2.26. The summed E-state index contributed by atoms with van der Waals surface area (Å²) in [6.45, 7) is 0. The van der Waals surface area contributed by atoms with Crippen molar-refractivity contribution in [2.45, 2.75) is 0 Å². The quantitative estimate of drug-likeness (QED) is 0.419. The summed E-state index contributed by atoms with van der Waals surface area (Å²) in [7, 11) is -3.06. The second-order valence-corrected chi connectivity index (χ2v) is 4.93. The van der Waals surface area contributed by atoms with Gasteiger partial charge in [-0.05, 0) is 24.3 Å². The van der Waals surface area contributed by atoms with Gasteiger partial charge >= 0.3 is 10.4 Å². The fourth-order valence-corrected chi connectivity index (χ4v) is 1.41. The van der Waals surface area contributed by atoms with Gasteiger partial charge in [0.1, 0.15) is 11.4 Å². The third-order valence-electron chi connectivity index (χ3n) is 2.35. The van der Waals surface area contributed by atoms with Crippen molar-refractivity contribution < 1.29 is 22.3 Å². The van der Waals surface area contributed by atoms with E-state index < -0.39 is 10.4 Å². The number of rotatable bonds is 3. The van der Waals surface area contributed by atoms with Crippen molar-refractivity contribution in [3.63, 3.8) is 0 Å². The standard InChI is InChI=1S/C11H14N6O.H2O4S/c1-18-7-4-2-6(3-5-7)15-10-8(12)9(13)16-11(14)17-10;1-5(2,3)4/h2-5H,12H2,1H3,(H5,13,14,15,16,17);(H2,1,2,3,4). The van der Waals surface area contributed by atoms with Crippen LogP contribution in [0.4, 0.5) is 29.0 Å². The summed E-state index contributed by atoms with van der Waals surface area (Å²) in [4.78, 5) is 7.75. The molecule has 0 saturated carbocycles. The molecule has 0 radical (unpaired) electrons. The van der Waals surface area contributed by atoms with Gasteiger partial charge in [-0.25, -0.2) is 0 Å². The fourth-order valence-electron chi connectivity index (χ4n) is 1.41. The van der Waals surface area contributed by atoms with Crippen LogP contribution in [0.25, 0.3) is 0 Å². The normalized spacial score (nSPS) is 10.4. The summed E-state index contributed by atoms with van der Waals surface area (Å²) in [5.41, 5.74) is 17.9. The first-order valence-electron chi connectivity index (χ1n) is 5.89. The van der Waals surface area contributed by atoms with Crippen LogP contribution in [0.5, 0.6) is 5.75 Å². The average molecular weight is 344 g/mol. The molecule has 1 aromatic heterocycles. The lowest BCUT2D eigenvalue weighted by atomic mass is 10.3. The molecule has 0 atom stereocenters. The summed E-state index contributed by atoms with van der Waals surface area (Å²) < 4.78 is 36.6. The summed E-state index contributed by atoms with van der Waals surface area (Å²) in [5, 5.41) is 3.01. The zero-order valence-corrected chi connectivity index (χ0v) is 12.8. The van der Waals surface area contributed by atoms with E-state index in [9.17, 15) is 0 Å². The molecule has 0 aliphatic heterocycles. The van der Waals surface area contributed by atoms with E-state index in [-0.39, 0.29) is 17.5 Å². The van der Waals surface area contributed by atoms with Crippen LogP contribution in [-0.2, 0) is 10.4 Å². The molecule has 0 unspecified atom stereocenters. The Kier molecular flexibility index (Phi) is 5.89. The van der Waals surface area contributed by atoms with Gasteiger partial charge in [0.2, 0.25) is 5.95 Å². The van der Waals surface area contributed by atoms with Crippen LogP contribution in [0, 0.1) is 0 Å². The second kappa shape index (κ2) is 7.44. The Hall–Kier alpha value is -2.83. The Morgan fingerprint density at radius 2 is 1.61 bits per heavy atom. The van der Waals surface area contributed by atoms with Gasteiger partial charge in [0.15, 0.2) is 11.6 Å². The lowest BCUT2D eigenvalue weighted by Crippen LogP contribution is -2.08. The molecule has 1 aromatic carbocycles. The number of ether oxygens (including phenoxy) is 1. The van der Waals surface area contributed by atoms with Crippen LogP contribution in [0.15, 0.2) is 24.3 Å². The third kappa shape index (κ3) is 6.64. The number of nitrogens with two attached hydrogens (primary N) is 3. The molecule has 0 amide bonds. The molecule has 0 saturated heterocycles. The Bertz CT molecular complexity index is 757. The lowest BCUT2D eigenvalue weighted by molar-refractivity contribution is 0.381. The van der Waals surface area contributed by atoms with Gasteiger partial charge in [-0.3, -0.25) is 9.11 Å². The number of hydrogen-bond acceptors (Lipinski definition) is 9. The van der Waals surface area contributed by atoms with E-state index in [1.54, 1.807) is 7.11 Å². The number of benzene rings is 1. The Morgan fingerprint density at radius 3 is 2.09 bits per heavy atom. The highest BCUT2D eigenvalue weighted by atomic mass is 32.3. The Morgan fingerprint density at radius 1 is 1.09 bits per heavy atom. The molecule has 12 heteroatoms. The van der Waals surface area contributed by atoms with Gasteiger partial charge in [-0.2, -0.15) is 18.4 Å². The summed E-state index contributed by atoms with van der Waals surface area (Å²) in [6, 6.07) is 7.28. The van der Waals surface area contributed by atoms with Crippen molar-refractivity contribution in [1.29, 1.82) is 0 Å². The smallest absolute Gasteiger partial charge is 0.394 e. The predicted molar refractivity (Wildman–Crippen MR) is 85.7 cm³/mol. The van der Waals surface area contributed by atoms with Crippen molar-refractivity contribution in [3.8, 4) is 5.75 Å². The van der Waals surface area contributed by atoms with E-state index in [1.807, 2.05) is 24.3 Å². The third-order valence-corrected chi connectivity index (χ3v) is 2.35. The minimum absolute atomic E-state index is 0.0673. The van der Waals surface area contributed by atoms with Crippen LogP contribution in [0.2, 0.25) is 0 Å². The van der Waals surface area contributed by atoms with Crippen molar-refractivity contribution in [2.75, 3.05) is 29.6 Å². The molecule has 9 N–H and O–H groups in total. The number of methoxy groups -OCH3 is 1. The van der Waals surface area contributed by atoms with E-state index >= 15 is 0 Å². The molecule has 0 spiro atoms. The largest absolute Gasteiger partial charge is 0.497 e. The summed E-state index contributed by atoms with van der Waals surface area (Å²) in [5.74, 6) is 1.36. The number of nitrogens with one attached hydrogen (secondary N) is 1. The Labute approximate surface area is 132 Å². The average Bonchev–Trinajstić information content (AvgIpc) is 2.43. The maximum absolute atomic E-state index is 8.74. The molecule has 2 rings (SSSR count). The molecule has 0 bridgehead atoms. The number of nitrogen functional groups attached to an aromatic ring is 3. The highest BCUT2D eigenvalue weighted by molar-refractivity contribution is 7.79. The maximum Gasteiger partial charge on any atom is 0.394 e. The molecule has 0 aliphatic rings. The van der Waals surface area contributed by atoms with Crippen LogP contribution in [0.1, 0.15) is 0 Å². The number of anilines is 5. The van der Waals surface area contributed by atoms with Crippen molar-refractivity contribution in [3.05, 3.63) is 24.3 Å². The first kappa shape index (κ1) is 18.2. The second-order valence-electron chi connectivity index (χ2n) is 4.03. The summed E-state index contributed by atoms with van der Waals surface area (Å²) in [6.07, 6.45) is 0. The van der Waals surface area contributed by atoms with Crippen LogP contribution in [0.3, 0.4) is 0 Å². The molecular weight excluding hydrogens is 328 g/mol. The topological polar surface area (TPSA) is 200 Å². The van der Waals surface area contributed by atoms with Gasteiger partial charge in [0.05, 0.1) is 7.11 Å². The Balaban J connectivity index is 0.000000463. The first-order valence-corrected chi connectivity index (χ1v) is 7.29. The highest BCUT2D eigenvalue weighted by Gasteiger charge is 2.08. The molecular formula is C11H16N6O5S. The minimum Gasteiger partial charge on any atom is -0.497 e. The number of aromatic nitrogens is 2. The van der Waals surface area contributed by atoms with Crippen molar-refractivity contribution in [1.82, 2.24) is 9.97 Å². The monoisotopic (exact) mass is 344 g/mol. The molecule has 11 nitrogen and oxygen atoms in total. The molecule has 2 aromatic rings. The zero-order valence-electron chi connectivity index (χ0n) is 12.0. The predicted octanol–water partition coefficient (Wildman–Crippen LogP) is 0.323.